The first-order valence-corrected chi connectivity index (χ1v) is 6.09. The Morgan fingerprint density at radius 3 is 3.00 bits per heavy atom. The van der Waals surface area contributed by atoms with Gasteiger partial charge >= 0.3 is 0 Å². The van der Waals surface area contributed by atoms with Crippen molar-refractivity contribution in [3.8, 4) is 0 Å². The number of imidazole rings is 1. The number of fused-ring (bicyclic) bond motifs is 1. The SMILES string of the molecule is C[C@@H]1[C@@H](C)OCCN1c1nc2ccccc2[nH]1. The summed E-state index contributed by atoms with van der Waals surface area (Å²) in [6.07, 6.45) is 0.247. The number of nitrogens with one attached hydrogen (secondary N) is 1. The molecule has 1 aromatic carbocycles. The second-order valence-electron chi connectivity index (χ2n) is 4.59. The van der Waals surface area contributed by atoms with Crippen LogP contribution in [0.4, 0.5) is 5.95 Å². The summed E-state index contributed by atoms with van der Waals surface area (Å²) >= 11 is 0. The molecule has 0 amide bonds. The number of aromatic amines is 1. The van der Waals surface area contributed by atoms with Crippen LogP contribution in [0.1, 0.15) is 13.8 Å². The van der Waals surface area contributed by atoms with Crippen LogP contribution in [0.5, 0.6) is 0 Å². The monoisotopic (exact) mass is 231 g/mol. The van der Waals surface area contributed by atoms with Crippen molar-refractivity contribution in [3.05, 3.63) is 24.3 Å². The van der Waals surface area contributed by atoms with Gasteiger partial charge in [0.2, 0.25) is 5.95 Å². The van der Waals surface area contributed by atoms with Crippen molar-refractivity contribution < 1.29 is 4.74 Å². The van der Waals surface area contributed by atoms with Gasteiger partial charge in [-0.25, -0.2) is 4.98 Å². The smallest absolute Gasteiger partial charge is 0.204 e. The third kappa shape index (κ3) is 1.78. The van der Waals surface area contributed by atoms with Crippen LogP contribution in [0.15, 0.2) is 24.3 Å². The summed E-state index contributed by atoms with van der Waals surface area (Å²) in [6, 6.07) is 8.47. The standard InChI is InChI=1S/C13H17N3O/c1-9-10(2)17-8-7-16(9)13-14-11-5-3-4-6-12(11)15-13/h3-6,9-10H,7-8H2,1-2H3,(H,14,15)/t9-,10-/m1/s1. The number of H-pyrrole nitrogens is 1. The number of hydrogen-bond acceptors (Lipinski definition) is 3. The minimum Gasteiger partial charge on any atom is -0.375 e. The molecular weight excluding hydrogens is 214 g/mol. The van der Waals surface area contributed by atoms with Crippen LogP contribution in [-0.4, -0.2) is 35.3 Å². The molecule has 1 fully saturated rings. The van der Waals surface area contributed by atoms with Crippen LogP contribution in [0.25, 0.3) is 11.0 Å². The maximum absolute atomic E-state index is 5.63. The molecule has 2 atom stereocenters. The minimum atomic E-state index is 0.247. The lowest BCUT2D eigenvalue weighted by Gasteiger charge is -2.37. The highest BCUT2D eigenvalue weighted by molar-refractivity contribution is 5.77. The van der Waals surface area contributed by atoms with E-state index in [9.17, 15) is 0 Å². The summed E-state index contributed by atoms with van der Waals surface area (Å²) in [6.45, 7) is 5.95. The maximum Gasteiger partial charge on any atom is 0.204 e. The van der Waals surface area contributed by atoms with Gasteiger partial charge in [-0.3, -0.25) is 0 Å². The number of ether oxygens (including phenoxy) is 1. The lowest BCUT2D eigenvalue weighted by Crippen LogP contribution is -2.49. The van der Waals surface area contributed by atoms with E-state index < -0.39 is 0 Å². The van der Waals surface area contributed by atoms with E-state index in [1.54, 1.807) is 0 Å². The first kappa shape index (κ1) is 10.6. The zero-order chi connectivity index (χ0) is 11.8. The van der Waals surface area contributed by atoms with E-state index >= 15 is 0 Å². The van der Waals surface area contributed by atoms with Crippen molar-refractivity contribution in [2.24, 2.45) is 0 Å². The molecule has 0 radical (unpaired) electrons. The minimum absolute atomic E-state index is 0.247. The summed E-state index contributed by atoms with van der Waals surface area (Å²) in [5, 5.41) is 0. The number of morpholine rings is 1. The van der Waals surface area contributed by atoms with E-state index in [0.717, 1.165) is 30.1 Å². The van der Waals surface area contributed by atoms with Crippen LogP contribution in [0.2, 0.25) is 0 Å². The van der Waals surface area contributed by atoms with Gasteiger partial charge in [-0.05, 0) is 26.0 Å². The van der Waals surface area contributed by atoms with Gasteiger partial charge in [-0.2, -0.15) is 0 Å². The number of anilines is 1. The van der Waals surface area contributed by atoms with Gasteiger partial charge in [0.05, 0.1) is 29.8 Å². The van der Waals surface area contributed by atoms with Crippen molar-refractivity contribution in [3.63, 3.8) is 0 Å². The Morgan fingerprint density at radius 1 is 1.35 bits per heavy atom. The van der Waals surface area contributed by atoms with E-state index in [1.807, 2.05) is 18.2 Å². The van der Waals surface area contributed by atoms with Gasteiger partial charge in [0.1, 0.15) is 0 Å². The summed E-state index contributed by atoms with van der Waals surface area (Å²) in [5.74, 6) is 0.953. The van der Waals surface area contributed by atoms with Gasteiger partial charge in [0.25, 0.3) is 0 Å². The van der Waals surface area contributed by atoms with Gasteiger partial charge in [0, 0.05) is 6.54 Å². The number of hydrogen-bond donors (Lipinski definition) is 1. The zero-order valence-electron chi connectivity index (χ0n) is 10.2. The Kier molecular flexibility index (Phi) is 2.52. The summed E-state index contributed by atoms with van der Waals surface area (Å²) in [7, 11) is 0. The molecule has 2 heterocycles. The highest BCUT2D eigenvalue weighted by Crippen LogP contribution is 2.22. The van der Waals surface area contributed by atoms with Gasteiger partial charge in [-0.1, -0.05) is 12.1 Å². The van der Waals surface area contributed by atoms with E-state index in [4.69, 9.17) is 4.74 Å². The van der Waals surface area contributed by atoms with Gasteiger partial charge < -0.3 is 14.6 Å². The molecule has 17 heavy (non-hydrogen) atoms. The number of rotatable bonds is 1. The third-order valence-electron chi connectivity index (χ3n) is 3.53. The van der Waals surface area contributed by atoms with Crippen molar-refractivity contribution >= 4 is 17.0 Å². The van der Waals surface area contributed by atoms with Crippen molar-refractivity contribution in [1.29, 1.82) is 0 Å². The molecule has 1 N–H and O–H groups in total. The summed E-state index contributed by atoms with van der Waals surface area (Å²) in [5.41, 5.74) is 2.11. The van der Waals surface area contributed by atoms with E-state index in [2.05, 4.69) is 34.8 Å². The van der Waals surface area contributed by atoms with E-state index in [1.165, 1.54) is 0 Å². The van der Waals surface area contributed by atoms with Crippen molar-refractivity contribution in [2.75, 3.05) is 18.1 Å². The summed E-state index contributed by atoms with van der Waals surface area (Å²) in [4.78, 5) is 10.3. The fourth-order valence-corrected chi connectivity index (χ4v) is 2.31. The molecule has 1 saturated heterocycles. The highest BCUT2D eigenvalue weighted by atomic mass is 16.5. The molecule has 0 aliphatic carbocycles. The highest BCUT2D eigenvalue weighted by Gasteiger charge is 2.27. The van der Waals surface area contributed by atoms with Crippen LogP contribution < -0.4 is 4.90 Å². The topological polar surface area (TPSA) is 41.1 Å². The Bertz CT molecular complexity index is 489. The molecule has 0 spiro atoms. The molecule has 0 bridgehead atoms. The van der Waals surface area contributed by atoms with E-state index in [-0.39, 0.29) is 6.10 Å². The largest absolute Gasteiger partial charge is 0.375 e. The number of benzene rings is 1. The quantitative estimate of drug-likeness (QED) is 0.817. The molecule has 0 unspecified atom stereocenters. The van der Waals surface area contributed by atoms with Gasteiger partial charge in [0.15, 0.2) is 0 Å². The maximum atomic E-state index is 5.63. The molecule has 4 heteroatoms. The van der Waals surface area contributed by atoms with Crippen LogP contribution in [-0.2, 0) is 4.74 Å². The first-order chi connectivity index (χ1) is 8.25. The molecular formula is C13H17N3O. The van der Waals surface area contributed by atoms with Crippen LogP contribution >= 0.6 is 0 Å². The lowest BCUT2D eigenvalue weighted by atomic mass is 10.1. The fraction of sp³-hybridized carbons (Fsp3) is 0.462. The zero-order valence-corrected chi connectivity index (χ0v) is 10.2. The summed E-state index contributed by atoms with van der Waals surface area (Å²) < 4.78 is 5.63. The molecule has 1 aromatic heterocycles. The lowest BCUT2D eigenvalue weighted by molar-refractivity contribution is 0.0278. The Morgan fingerprint density at radius 2 is 2.18 bits per heavy atom. The molecule has 0 saturated carbocycles. The molecule has 3 rings (SSSR count). The molecule has 90 valence electrons. The predicted molar refractivity (Wildman–Crippen MR) is 68.3 cm³/mol. The van der Waals surface area contributed by atoms with Crippen LogP contribution in [0, 0.1) is 0 Å². The Labute approximate surface area is 101 Å². The van der Waals surface area contributed by atoms with Crippen molar-refractivity contribution in [1.82, 2.24) is 9.97 Å². The average molecular weight is 231 g/mol. The number of para-hydroxylation sites is 2. The number of nitrogens with zero attached hydrogens (tertiary/aromatic N) is 2. The van der Waals surface area contributed by atoms with Crippen LogP contribution in [0.3, 0.4) is 0 Å². The van der Waals surface area contributed by atoms with Crippen molar-refractivity contribution in [2.45, 2.75) is 26.0 Å². The number of aromatic nitrogens is 2. The predicted octanol–water partition coefficient (Wildman–Crippen LogP) is 2.18. The fourth-order valence-electron chi connectivity index (χ4n) is 2.31. The first-order valence-electron chi connectivity index (χ1n) is 6.09. The second-order valence-corrected chi connectivity index (χ2v) is 4.59. The second kappa shape index (κ2) is 4.04. The third-order valence-corrected chi connectivity index (χ3v) is 3.53. The van der Waals surface area contributed by atoms with E-state index in [0.29, 0.717) is 6.04 Å². The molecule has 2 aromatic rings. The Hall–Kier alpha value is -1.55. The van der Waals surface area contributed by atoms with Gasteiger partial charge in [-0.15, -0.1) is 0 Å². The normalized spacial score (nSPS) is 25.4. The molecule has 4 nitrogen and oxygen atoms in total. The molecule has 1 aliphatic rings. The Balaban J connectivity index is 1.97. The average Bonchev–Trinajstić information content (AvgIpc) is 2.76. The molecule has 1 aliphatic heterocycles.